The Morgan fingerprint density at radius 3 is 1.28 bits per heavy atom. The lowest BCUT2D eigenvalue weighted by Crippen LogP contribution is -1.90. The second-order valence-corrected chi connectivity index (χ2v) is 13.1. The molecule has 0 spiro atoms. The molecule has 0 radical (unpaired) electrons. The highest BCUT2D eigenvalue weighted by Crippen LogP contribution is 2.49. The molecule has 0 heterocycles. The Morgan fingerprint density at radius 1 is 0.528 bits per heavy atom. The van der Waals surface area contributed by atoms with Crippen LogP contribution in [0.5, 0.6) is 0 Å². The largest absolute Gasteiger partial charge is 0.270 e. The number of nitro groups is 2. The summed E-state index contributed by atoms with van der Waals surface area (Å²) in [5.41, 5.74) is -0.0344. The summed E-state index contributed by atoms with van der Waals surface area (Å²) in [6.45, 7) is 0. The van der Waals surface area contributed by atoms with Crippen molar-refractivity contribution in [2.45, 2.75) is 29.4 Å². The van der Waals surface area contributed by atoms with Gasteiger partial charge in [0, 0.05) is 62.6 Å². The van der Waals surface area contributed by atoms with Crippen molar-refractivity contribution < 1.29 is 9.85 Å². The first-order valence-corrected chi connectivity index (χ1v) is 15.4. The SMILES string of the molecule is O=[N+]([O-])c1ccc(Sc2ccccc2Br)c(SSc2cc([N+](=O)[O-])ccc2Sc2ccccc2Br)c1. The molecule has 0 aliphatic heterocycles. The topological polar surface area (TPSA) is 86.3 Å². The van der Waals surface area contributed by atoms with E-state index in [0.717, 1.165) is 28.5 Å². The van der Waals surface area contributed by atoms with Crippen LogP contribution in [0.2, 0.25) is 0 Å². The molecule has 4 aromatic carbocycles. The molecule has 0 aliphatic rings. The van der Waals surface area contributed by atoms with E-state index in [1.54, 1.807) is 12.1 Å². The van der Waals surface area contributed by atoms with E-state index in [0.29, 0.717) is 9.79 Å². The summed E-state index contributed by atoms with van der Waals surface area (Å²) in [7, 11) is 2.67. The standard InChI is InChI=1S/C24H14Br2N2O4S4/c25-17-5-1-3-7-19(17)33-21-11-9-15(27(29)30)13-23(21)35-36-24-14-16(28(31)32)10-12-22(24)34-20-8-4-2-6-18(20)26/h1-14H. The summed E-state index contributed by atoms with van der Waals surface area (Å²) >= 11 is 10.1. The van der Waals surface area contributed by atoms with Gasteiger partial charge in [-0.05, 0) is 68.3 Å². The third kappa shape index (κ3) is 6.87. The number of halogens is 2. The molecular formula is C24H14Br2N2O4S4. The number of rotatable bonds is 9. The maximum absolute atomic E-state index is 11.5. The highest BCUT2D eigenvalue weighted by molar-refractivity contribution is 9.10. The molecule has 0 aromatic heterocycles. The lowest BCUT2D eigenvalue weighted by Gasteiger charge is -2.12. The van der Waals surface area contributed by atoms with Crippen molar-refractivity contribution in [2.75, 3.05) is 0 Å². The Kier molecular flexibility index (Phi) is 9.42. The Morgan fingerprint density at radius 2 is 0.917 bits per heavy atom. The lowest BCUT2D eigenvalue weighted by molar-refractivity contribution is -0.385. The fourth-order valence-corrected chi connectivity index (χ4v) is 8.65. The van der Waals surface area contributed by atoms with Crippen molar-refractivity contribution in [1.82, 2.24) is 0 Å². The molecule has 0 saturated heterocycles. The first-order chi connectivity index (χ1) is 17.3. The van der Waals surface area contributed by atoms with Crippen molar-refractivity contribution in [3.63, 3.8) is 0 Å². The van der Waals surface area contributed by atoms with Gasteiger partial charge < -0.3 is 0 Å². The van der Waals surface area contributed by atoms with Crippen LogP contribution in [0.25, 0.3) is 0 Å². The summed E-state index contributed by atoms with van der Waals surface area (Å²) < 4.78 is 1.84. The van der Waals surface area contributed by atoms with Crippen LogP contribution in [0.4, 0.5) is 11.4 Å². The molecule has 0 unspecified atom stereocenters. The van der Waals surface area contributed by atoms with Gasteiger partial charge in [0.25, 0.3) is 11.4 Å². The van der Waals surface area contributed by atoms with Crippen LogP contribution in [0, 0.1) is 20.2 Å². The predicted molar refractivity (Wildman–Crippen MR) is 154 cm³/mol. The predicted octanol–water partition coefficient (Wildman–Crippen LogP) is 10.1. The minimum atomic E-state index is -0.427. The zero-order chi connectivity index (χ0) is 25.7. The second kappa shape index (κ2) is 12.5. The van der Waals surface area contributed by atoms with Gasteiger partial charge in [0.1, 0.15) is 0 Å². The van der Waals surface area contributed by atoms with Gasteiger partial charge in [0.05, 0.1) is 9.85 Å². The molecule has 6 nitrogen and oxygen atoms in total. The van der Waals surface area contributed by atoms with Crippen molar-refractivity contribution >= 4 is 88.3 Å². The number of hydrogen-bond acceptors (Lipinski definition) is 8. The third-order valence-corrected chi connectivity index (χ3v) is 11.5. The zero-order valence-corrected chi connectivity index (χ0v) is 24.4. The number of hydrogen-bond donors (Lipinski definition) is 0. The molecule has 4 rings (SSSR count). The molecule has 0 fully saturated rings. The van der Waals surface area contributed by atoms with Crippen LogP contribution in [-0.2, 0) is 0 Å². The van der Waals surface area contributed by atoms with Crippen molar-refractivity contribution in [2.24, 2.45) is 0 Å². The minimum Gasteiger partial charge on any atom is -0.258 e. The maximum Gasteiger partial charge on any atom is 0.270 e. The van der Waals surface area contributed by atoms with E-state index in [1.165, 1.54) is 69.4 Å². The highest BCUT2D eigenvalue weighted by Gasteiger charge is 2.18. The molecule has 0 saturated carbocycles. The van der Waals surface area contributed by atoms with Gasteiger partial charge in [-0.1, -0.05) is 69.4 Å². The van der Waals surface area contributed by atoms with Gasteiger partial charge in [-0.2, -0.15) is 0 Å². The van der Waals surface area contributed by atoms with Crippen LogP contribution in [0.1, 0.15) is 0 Å². The number of benzene rings is 4. The molecule has 182 valence electrons. The van der Waals surface area contributed by atoms with Gasteiger partial charge in [-0.15, -0.1) is 0 Å². The van der Waals surface area contributed by atoms with Gasteiger partial charge in [-0.25, -0.2) is 0 Å². The first-order valence-electron chi connectivity index (χ1n) is 10.1. The molecule has 36 heavy (non-hydrogen) atoms. The monoisotopic (exact) mass is 680 g/mol. The Hall–Kier alpha value is -1.96. The van der Waals surface area contributed by atoms with Crippen molar-refractivity contribution in [3.8, 4) is 0 Å². The summed E-state index contributed by atoms with van der Waals surface area (Å²) in [6, 6.07) is 25.0. The van der Waals surface area contributed by atoms with E-state index >= 15 is 0 Å². The Bertz CT molecular complexity index is 1350. The number of nitro benzene ring substituents is 2. The molecule has 0 aliphatic carbocycles. The summed E-state index contributed by atoms with van der Waals surface area (Å²) in [6.07, 6.45) is 0. The lowest BCUT2D eigenvalue weighted by atomic mass is 10.3. The van der Waals surface area contributed by atoms with Crippen LogP contribution in [-0.4, -0.2) is 9.85 Å². The van der Waals surface area contributed by atoms with Crippen LogP contribution in [0.15, 0.2) is 123 Å². The normalized spacial score (nSPS) is 10.8. The fourth-order valence-electron chi connectivity index (χ4n) is 2.90. The molecule has 12 heteroatoms. The smallest absolute Gasteiger partial charge is 0.258 e. The first kappa shape index (κ1) is 27.1. The molecule has 0 atom stereocenters. The maximum atomic E-state index is 11.5. The summed E-state index contributed by atoms with van der Waals surface area (Å²) in [4.78, 5) is 27.1. The number of nitrogens with zero attached hydrogens (tertiary/aromatic N) is 2. The average molecular weight is 682 g/mol. The molecule has 0 N–H and O–H groups in total. The summed E-state index contributed by atoms with van der Waals surface area (Å²) in [5, 5.41) is 22.9. The van der Waals surface area contributed by atoms with E-state index < -0.39 is 9.85 Å². The van der Waals surface area contributed by atoms with Crippen molar-refractivity contribution in [1.29, 1.82) is 0 Å². The van der Waals surface area contributed by atoms with E-state index in [2.05, 4.69) is 31.9 Å². The second-order valence-electron chi connectivity index (χ2n) is 7.01. The van der Waals surface area contributed by atoms with E-state index in [1.807, 2.05) is 48.5 Å². The average Bonchev–Trinajstić information content (AvgIpc) is 2.86. The quantitative estimate of drug-likeness (QED) is 0.0980. The number of non-ortho nitro benzene ring substituents is 2. The molecule has 0 bridgehead atoms. The van der Waals surface area contributed by atoms with Crippen LogP contribution < -0.4 is 0 Å². The fraction of sp³-hybridized carbons (Fsp3) is 0. The summed E-state index contributed by atoms with van der Waals surface area (Å²) in [5.74, 6) is 0. The van der Waals surface area contributed by atoms with Crippen LogP contribution >= 0.6 is 77.0 Å². The van der Waals surface area contributed by atoms with Crippen LogP contribution in [0.3, 0.4) is 0 Å². The van der Waals surface area contributed by atoms with Gasteiger partial charge >= 0.3 is 0 Å². The van der Waals surface area contributed by atoms with E-state index in [-0.39, 0.29) is 11.4 Å². The van der Waals surface area contributed by atoms with Gasteiger partial charge in [0.15, 0.2) is 0 Å². The molecule has 0 amide bonds. The van der Waals surface area contributed by atoms with Crippen molar-refractivity contribution in [3.05, 3.63) is 114 Å². The minimum absolute atomic E-state index is 0.0172. The van der Waals surface area contributed by atoms with E-state index in [4.69, 9.17) is 0 Å². The van der Waals surface area contributed by atoms with Gasteiger partial charge in [-0.3, -0.25) is 20.2 Å². The molecular weight excluding hydrogens is 668 g/mol. The van der Waals surface area contributed by atoms with E-state index in [9.17, 15) is 20.2 Å². The van der Waals surface area contributed by atoms with Gasteiger partial charge in [0.2, 0.25) is 0 Å². The Labute approximate surface area is 240 Å². The zero-order valence-electron chi connectivity index (χ0n) is 18.0. The third-order valence-electron chi connectivity index (χ3n) is 4.61. The highest BCUT2D eigenvalue weighted by atomic mass is 79.9. The Balaban J connectivity index is 1.67. The molecule has 4 aromatic rings.